The zero-order valence-corrected chi connectivity index (χ0v) is 15.7. The summed E-state index contributed by atoms with van der Waals surface area (Å²) in [5, 5.41) is 2.75. The Kier molecular flexibility index (Phi) is 6.97. The molecule has 0 radical (unpaired) electrons. The minimum Gasteiger partial charge on any atom is -0.462 e. The van der Waals surface area contributed by atoms with E-state index >= 15 is 0 Å². The molecule has 1 aromatic carbocycles. The van der Waals surface area contributed by atoms with Crippen LogP contribution < -0.4 is 10.9 Å². The van der Waals surface area contributed by atoms with Crippen LogP contribution in [0.25, 0.3) is 0 Å². The van der Waals surface area contributed by atoms with Crippen molar-refractivity contribution in [3.8, 4) is 0 Å². The molecule has 2 N–H and O–H groups in total. The van der Waals surface area contributed by atoms with Gasteiger partial charge in [0.1, 0.15) is 0 Å². The summed E-state index contributed by atoms with van der Waals surface area (Å²) in [7, 11) is 0. The molecule has 26 heavy (non-hydrogen) atoms. The summed E-state index contributed by atoms with van der Waals surface area (Å²) in [6, 6.07) is 7.97. The van der Waals surface area contributed by atoms with Gasteiger partial charge in [-0.1, -0.05) is 24.8 Å². The van der Waals surface area contributed by atoms with Crippen LogP contribution in [0.1, 0.15) is 36.3 Å². The van der Waals surface area contributed by atoms with Crippen LogP contribution in [0, 0.1) is 6.92 Å². The Labute approximate surface area is 155 Å². The minimum absolute atomic E-state index is 0.234. The van der Waals surface area contributed by atoms with Crippen molar-refractivity contribution in [2.75, 3.05) is 11.9 Å². The number of aromatic amines is 1. The van der Waals surface area contributed by atoms with Crippen LogP contribution in [0.15, 0.2) is 40.3 Å². The Hall–Kier alpha value is -2.61. The molecule has 0 bridgehead atoms. The molecule has 0 spiro atoms. The number of nitrogens with zero attached hydrogens (tertiary/aromatic N) is 1. The van der Waals surface area contributed by atoms with Crippen LogP contribution in [-0.4, -0.2) is 33.7 Å². The van der Waals surface area contributed by atoms with Gasteiger partial charge in [-0.15, -0.1) is 0 Å². The predicted molar refractivity (Wildman–Crippen MR) is 101 cm³/mol. The zero-order chi connectivity index (χ0) is 19.1. The second kappa shape index (κ2) is 9.19. The quantitative estimate of drug-likeness (QED) is 0.438. The average Bonchev–Trinajstić information content (AvgIpc) is 2.59. The number of ether oxygens (including phenoxy) is 1. The summed E-state index contributed by atoms with van der Waals surface area (Å²) in [5.41, 5.74) is 1.21. The van der Waals surface area contributed by atoms with E-state index in [0.29, 0.717) is 28.5 Å². The first-order chi connectivity index (χ1) is 12.4. The maximum absolute atomic E-state index is 12.6. The van der Waals surface area contributed by atoms with Crippen molar-refractivity contribution in [2.24, 2.45) is 0 Å². The first kappa shape index (κ1) is 19.7. The van der Waals surface area contributed by atoms with Crippen molar-refractivity contribution in [3.63, 3.8) is 0 Å². The van der Waals surface area contributed by atoms with Crippen molar-refractivity contribution in [2.45, 2.75) is 37.6 Å². The number of H-pyrrole nitrogens is 1. The molecule has 8 heteroatoms. The van der Waals surface area contributed by atoms with Crippen LogP contribution in [0.3, 0.4) is 0 Å². The number of carbonyl (C=O) groups is 2. The number of rotatable bonds is 7. The van der Waals surface area contributed by atoms with E-state index in [2.05, 4.69) is 15.3 Å². The highest BCUT2D eigenvalue weighted by Gasteiger charge is 2.20. The molecule has 0 fully saturated rings. The van der Waals surface area contributed by atoms with Crippen LogP contribution in [0.4, 0.5) is 5.69 Å². The molecule has 0 aliphatic carbocycles. The monoisotopic (exact) mass is 375 g/mol. The summed E-state index contributed by atoms with van der Waals surface area (Å²) in [5.74, 6) is -0.672. The molecule has 1 atom stereocenters. The molecule has 0 saturated carbocycles. The van der Waals surface area contributed by atoms with Gasteiger partial charge < -0.3 is 15.0 Å². The van der Waals surface area contributed by atoms with E-state index in [0.717, 1.165) is 0 Å². The second-order valence-electron chi connectivity index (χ2n) is 5.50. The molecule has 138 valence electrons. The summed E-state index contributed by atoms with van der Waals surface area (Å²) in [6.07, 6.45) is 0.547. The predicted octanol–water partition coefficient (Wildman–Crippen LogP) is 2.76. The third-order valence-electron chi connectivity index (χ3n) is 3.41. The van der Waals surface area contributed by atoms with Crippen molar-refractivity contribution in [1.82, 2.24) is 9.97 Å². The van der Waals surface area contributed by atoms with Crippen molar-refractivity contribution in [1.29, 1.82) is 0 Å². The van der Waals surface area contributed by atoms with E-state index in [1.165, 1.54) is 17.8 Å². The lowest BCUT2D eigenvalue weighted by Gasteiger charge is -2.14. The number of thioether (sulfide) groups is 1. The Balaban J connectivity index is 2.10. The van der Waals surface area contributed by atoms with Gasteiger partial charge in [0.05, 0.1) is 17.4 Å². The third-order valence-corrected chi connectivity index (χ3v) is 4.65. The molecule has 2 aromatic rings. The zero-order valence-electron chi connectivity index (χ0n) is 14.9. The molecule has 2 rings (SSSR count). The molecular weight excluding hydrogens is 354 g/mol. The SMILES string of the molecule is CCOC(=O)c1cccc(NC(=O)C(CC)Sc2nc(C)cc(=O)[nH]2)c1. The van der Waals surface area contributed by atoms with Crippen LogP contribution in [-0.2, 0) is 9.53 Å². The van der Waals surface area contributed by atoms with E-state index < -0.39 is 11.2 Å². The minimum atomic E-state index is -0.439. The number of amides is 1. The normalized spacial score (nSPS) is 11.7. The number of hydrogen-bond donors (Lipinski definition) is 2. The number of anilines is 1. The topological polar surface area (TPSA) is 101 Å². The maximum Gasteiger partial charge on any atom is 0.338 e. The Morgan fingerprint density at radius 2 is 2.08 bits per heavy atom. The lowest BCUT2D eigenvalue weighted by molar-refractivity contribution is -0.115. The first-order valence-electron chi connectivity index (χ1n) is 8.25. The fourth-order valence-electron chi connectivity index (χ4n) is 2.23. The third kappa shape index (κ3) is 5.45. The van der Waals surface area contributed by atoms with E-state index in [1.54, 1.807) is 38.1 Å². The van der Waals surface area contributed by atoms with Gasteiger partial charge >= 0.3 is 5.97 Å². The van der Waals surface area contributed by atoms with Crippen LogP contribution in [0.5, 0.6) is 0 Å². The van der Waals surface area contributed by atoms with Crippen LogP contribution in [0.2, 0.25) is 0 Å². The molecule has 1 heterocycles. The lowest BCUT2D eigenvalue weighted by atomic mass is 10.2. The highest BCUT2D eigenvalue weighted by Crippen LogP contribution is 2.23. The molecule has 1 unspecified atom stereocenters. The number of hydrogen-bond acceptors (Lipinski definition) is 6. The average molecular weight is 375 g/mol. The number of benzene rings is 1. The van der Waals surface area contributed by atoms with Gasteiger partial charge in [-0.3, -0.25) is 9.59 Å². The number of nitrogens with one attached hydrogen (secondary N) is 2. The van der Waals surface area contributed by atoms with Gasteiger partial charge in [-0.2, -0.15) is 0 Å². The Morgan fingerprint density at radius 3 is 2.73 bits per heavy atom. The highest BCUT2D eigenvalue weighted by atomic mass is 32.2. The van der Waals surface area contributed by atoms with Gasteiger partial charge in [0, 0.05) is 17.4 Å². The van der Waals surface area contributed by atoms with E-state index in [1.807, 2.05) is 6.92 Å². The van der Waals surface area contributed by atoms with E-state index in [4.69, 9.17) is 4.74 Å². The fraction of sp³-hybridized carbons (Fsp3) is 0.333. The number of aryl methyl sites for hydroxylation is 1. The summed E-state index contributed by atoms with van der Waals surface area (Å²) < 4.78 is 4.96. The molecule has 0 aliphatic heterocycles. The maximum atomic E-state index is 12.6. The van der Waals surface area contributed by atoms with Gasteiger partial charge in [-0.05, 0) is 38.5 Å². The summed E-state index contributed by atoms with van der Waals surface area (Å²) in [6.45, 7) is 5.61. The molecule has 7 nitrogen and oxygen atoms in total. The van der Waals surface area contributed by atoms with E-state index in [9.17, 15) is 14.4 Å². The molecular formula is C18H21N3O4S. The number of esters is 1. The van der Waals surface area contributed by atoms with Gasteiger partial charge in [0.2, 0.25) is 5.91 Å². The standard InChI is InChI=1S/C18H21N3O4S/c1-4-14(26-18-19-11(3)9-15(22)21-18)16(23)20-13-8-6-7-12(10-13)17(24)25-5-2/h6-10,14H,4-5H2,1-3H3,(H,20,23)(H,19,21,22). The van der Waals surface area contributed by atoms with Gasteiger partial charge in [0.25, 0.3) is 5.56 Å². The first-order valence-corrected chi connectivity index (χ1v) is 9.13. The summed E-state index contributed by atoms with van der Waals surface area (Å²) in [4.78, 5) is 42.8. The van der Waals surface area contributed by atoms with Crippen LogP contribution >= 0.6 is 11.8 Å². The fourth-order valence-corrected chi connectivity index (χ4v) is 3.18. The largest absolute Gasteiger partial charge is 0.462 e. The van der Waals surface area contributed by atoms with Gasteiger partial charge in [-0.25, -0.2) is 9.78 Å². The second-order valence-corrected chi connectivity index (χ2v) is 6.69. The smallest absolute Gasteiger partial charge is 0.338 e. The van der Waals surface area contributed by atoms with E-state index in [-0.39, 0.29) is 18.1 Å². The lowest BCUT2D eigenvalue weighted by Crippen LogP contribution is -2.25. The van der Waals surface area contributed by atoms with Crippen molar-refractivity contribution in [3.05, 3.63) is 51.9 Å². The Morgan fingerprint density at radius 1 is 1.31 bits per heavy atom. The highest BCUT2D eigenvalue weighted by molar-refractivity contribution is 8.00. The number of carbonyl (C=O) groups excluding carboxylic acids is 2. The van der Waals surface area contributed by atoms with Crippen molar-refractivity contribution < 1.29 is 14.3 Å². The number of aromatic nitrogens is 2. The molecule has 1 aromatic heterocycles. The molecule has 0 aliphatic rings. The summed E-state index contributed by atoms with van der Waals surface area (Å²) >= 11 is 1.19. The molecule has 1 amide bonds. The Bertz CT molecular complexity index is 850. The molecule has 0 saturated heterocycles. The van der Waals surface area contributed by atoms with Gasteiger partial charge in [0.15, 0.2) is 5.16 Å². The van der Waals surface area contributed by atoms with Crippen molar-refractivity contribution >= 4 is 29.3 Å².